The van der Waals surface area contributed by atoms with Crippen LogP contribution in [-0.4, -0.2) is 23.1 Å². The molecule has 164 valence electrons. The van der Waals surface area contributed by atoms with E-state index < -0.39 is 5.60 Å². The molecule has 4 aliphatic carbocycles. The lowest BCUT2D eigenvalue weighted by Crippen LogP contribution is -2.59. The van der Waals surface area contributed by atoms with E-state index in [9.17, 15) is 14.4 Å². The van der Waals surface area contributed by atoms with Gasteiger partial charge in [-0.3, -0.25) is 14.4 Å². The lowest BCUT2D eigenvalue weighted by atomic mass is 9.45. The van der Waals surface area contributed by atoms with Crippen molar-refractivity contribution in [1.29, 1.82) is 0 Å². The molecule has 0 amide bonds. The summed E-state index contributed by atoms with van der Waals surface area (Å²) in [5.74, 6) is 1.38. The first kappa shape index (κ1) is 21.5. The molecular weight excluding hydrogens is 376 g/mol. The lowest BCUT2D eigenvalue weighted by Gasteiger charge is -2.59. The van der Waals surface area contributed by atoms with Crippen molar-refractivity contribution in [2.24, 2.45) is 34.5 Å². The van der Waals surface area contributed by atoms with Gasteiger partial charge in [0, 0.05) is 18.3 Å². The SMILES string of the molecule is CCC(=O)O[C@@]1(C(C)=O)CCC2C3C=C(C)C4=CC(=O)C[C@H](C)[C@]4(C)C3CC[C@@]21C. The third-order valence-electron chi connectivity index (χ3n) is 9.65. The second kappa shape index (κ2) is 6.90. The third kappa shape index (κ3) is 2.61. The molecule has 0 aromatic carbocycles. The Hall–Kier alpha value is -1.71. The van der Waals surface area contributed by atoms with E-state index >= 15 is 0 Å². The van der Waals surface area contributed by atoms with E-state index in [-0.39, 0.29) is 28.4 Å². The standard InChI is InChI=1S/C26H36O4/c1-7-23(29)30-26(17(4)27)11-9-20-19-12-15(2)22-14-18(28)13-16(3)25(22,6)21(19)8-10-24(20,26)5/h12,14,16,19-21H,7-11,13H2,1-6H3/t16-,19?,20?,21?,24-,25+,26+/m0/s1. The molecule has 0 N–H and O–H groups in total. The number of fused-ring (bicyclic) bond motifs is 5. The number of hydrogen-bond donors (Lipinski definition) is 0. The molecule has 30 heavy (non-hydrogen) atoms. The minimum absolute atomic E-state index is 0.00677. The topological polar surface area (TPSA) is 60.4 Å². The fraction of sp³-hybridized carbons (Fsp3) is 0.731. The van der Waals surface area contributed by atoms with E-state index in [0.717, 1.165) is 19.3 Å². The first-order valence-corrected chi connectivity index (χ1v) is 11.7. The molecule has 0 saturated heterocycles. The van der Waals surface area contributed by atoms with Gasteiger partial charge in [-0.15, -0.1) is 0 Å². The van der Waals surface area contributed by atoms with E-state index in [0.29, 0.717) is 42.9 Å². The summed E-state index contributed by atoms with van der Waals surface area (Å²) in [5, 5.41) is 0. The Morgan fingerprint density at radius 3 is 2.47 bits per heavy atom. The minimum Gasteiger partial charge on any atom is -0.450 e. The zero-order valence-corrected chi connectivity index (χ0v) is 19.3. The van der Waals surface area contributed by atoms with Gasteiger partial charge >= 0.3 is 5.97 Å². The second-order valence-electron chi connectivity index (χ2n) is 10.8. The average Bonchev–Trinajstić information content (AvgIpc) is 2.97. The highest BCUT2D eigenvalue weighted by molar-refractivity contribution is 5.93. The fourth-order valence-corrected chi connectivity index (χ4v) is 7.85. The summed E-state index contributed by atoms with van der Waals surface area (Å²) in [6.07, 6.45) is 8.58. The number of allylic oxidation sites excluding steroid dienone is 4. The van der Waals surface area contributed by atoms with E-state index in [1.54, 1.807) is 13.8 Å². The monoisotopic (exact) mass is 412 g/mol. The molecule has 0 radical (unpaired) electrons. The molecule has 0 aromatic rings. The summed E-state index contributed by atoms with van der Waals surface area (Å²) >= 11 is 0. The van der Waals surface area contributed by atoms with Gasteiger partial charge < -0.3 is 4.74 Å². The minimum atomic E-state index is -0.997. The van der Waals surface area contributed by atoms with Crippen LogP contribution in [0.15, 0.2) is 23.3 Å². The highest BCUT2D eigenvalue weighted by Crippen LogP contribution is 2.68. The van der Waals surface area contributed by atoms with E-state index in [4.69, 9.17) is 4.74 Å². The summed E-state index contributed by atoms with van der Waals surface area (Å²) in [6, 6.07) is 0. The van der Waals surface area contributed by atoms with Crippen LogP contribution in [0.4, 0.5) is 0 Å². The van der Waals surface area contributed by atoms with Crippen LogP contribution >= 0.6 is 0 Å². The van der Waals surface area contributed by atoms with Crippen LogP contribution in [0.1, 0.15) is 80.1 Å². The number of Topliss-reactive ketones (excluding diaryl/α,β-unsaturated/α-hetero) is 1. The van der Waals surface area contributed by atoms with Gasteiger partial charge in [-0.25, -0.2) is 0 Å². The smallest absolute Gasteiger partial charge is 0.306 e. The third-order valence-corrected chi connectivity index (χ3v) is 9.65. The van der Waals surface area contributed by atoms with Gasteiger partial charge in [0.2, 0.25) is 0 Å². The van der Waals surface area contributed by atoms with E-state index in [1.807, 2.05) is 6.08 Å². The molecule has 0 aliphatic heterocycles. The van der Waals surface area contributed by atoms with Gasteiger partial charge in [-0.05, 0) is 80.3 Å². The van der Waals surface area contributed by atoms with Crippen molar-refractivity contribution in [3.05, 3.63) is 23.3 Å². The highest BCUT2D eigenvalue weighted by Gasteiger charge is 2.68. The van der Waals surface area contributed by atoms with Gasteiger partial charge in [0.25, 0.3) is 0 Å². The summed E-state index contributed by atoms with van der Waals surface area (Å²) < 4.78 is 5.99. The second-order valence-corrected chi connectivity index (χ2v) is 10.8. The Labute approximate surface area is 180 Å². The number of carbonyl (C=O) groups is 3. The number of ketones is 2. The first-order chi connectivity index (χ1) is 14.0. The Kier molecular flexibility index (Phi) is 4.95. The highest BCUT2D eigenvalue weighted by atomic mass is 16.6. The van der Waals surface area contributed by atoms with Crippen LogP contribution in [0, 0.1) is 34.5 Å². The van der Waals surface area contributed by atoms with Crippen LogP contribution in [0.25, 0.3) is 0 Å². The lowest BCUT2D eigenvalue weighted by molar-refractivity contribution is -0.187. The summed E-state index contributed by atoms with van der Waals surface area (Å²) in [6.45, 7) is 12.3. The van der Waals surface area contributed by atoms with Gasteiger partial charge in [-0.2, -0.15) is 0 Å². The predicted molar refractivity (Wildman–Crippen MR) is 116 cm³/mol. The predicted octanol–water partition coefficient (Wildman–Crippen LogP) is 5.21. The molecule has 0 bridgehead atoms. The number of hydrogen-bond acceptors (Lipinski definition) is 4. The molecule has 4 nitrogen and oxygen atoms in total. The molecule has 0 spiro atoms. The van der Waals surface area contributed by atoms with Crippen molar-refractivity contribution in [1.82, 2.24) is 0 Å². The molecule has 3 unspecified atom stereocenters. The first-order valence-electron chi connectivity index (χ1n) is 11.7. The Bertz CT molecular complexity index is 866. The quantitative estimate of drug-likeness (QED) is 0.597. The molecule has 0 heterocycles. The van der Waals surface area contributed by atoms with Gasteiger partial charge in [0.15, 0.2) is 17.2 Å². The fourth-order valence-electron chi connectivity index (χ4n) is 7.85. The zero-order chi connectivity index (χ0) is 22.1. The van der Waals surface area contributed by atoms with Crippen molar-refractivity contribution in [3.63, 3.8) is 0 Å². The summed E-state index contributed by atoms with van der Waals surface area (Å²) in [5.41, 5.74) is 1.09. The van der Waals surface area contributed by atoms with E-state index in [2.05, 4.69) is 33.8 Å². The summed E-state index contributed by atoms with van der Waals surface area (Å²) in [4.78, 5) is 37.6. The Balaban J connectivity index is 1.79. The zero-order valence-electron chi connectivity index (χ0n) is 19.3. The van der Waals surface area contributed by atoms with E-state index in [1.165, 1.54) is 11.1 Å². The molecular formula is C26H36O4. The van der Waals surface area contributed by atoms with Crippen molar-refractivity contribution in [2.45, 2.75) is 85.7 Å². The maximum Gasteiger partial charge on any atom is 0.306 e. The number of carbonyl (C=O) groups excluding carboxylic acids is 3. The van der Waals surface area contributed by atoms with Crippen LogP contribution in [0.2, 0.25) is 0 Å². The molecule has 2 saturated carbocycles. The van der Waals surface area contributed by atoms with Gasteiger partial charge in [0.1, 0.15) is 0 Å². The van der Waals surface area contributed by atoms with Gasteiger partial charge in [0.05, 0.1) is 0 Å². The average molecular weight is 413 g/mol. The van der Waals surface area contributed by atoms with Crippen LogP contribution in [-0.2, 0) is 19.1 Å². The molecule has 0 aromatic heterocycles. The number of esters is 1. The van der Waals surface area contributed by atoms with Crippen molar-refractivity contribution < 1.29 is 19.1 Å². The molecule has 4 rings (SSSR count). The normalized spacial score (nSPS) is 44.9. The molecule has 4 heteroatoms. The number of rotatable bonds is 3. The Morgan fingerprint density at radius 1 is 1.17 bits per heavy atom. The van der Waals surface area contributed by atoms with Crippen molar-refractivity contribution in [3.8, 4) is 0 Å². The maximum atomic E-state index is 12.9. The molecule has 2 fully saturated rings. The van der Waals surface area contributed by atoms with Crippen molar-refractivity contribution >= 4 is 17.5 Å². The molecule has 7 atom stereocenters. The largest absolute Gasteiger partial charge is 0.450 e. The molecule has 4 aliphatic rings. The van der Waals surface area contributed by atoms with Crippen LogP contribution in [0.5, 0.6) is 0 Å². The Morgan fingerprint density at radius 2 is 1.83 bits per heavy atom. The van der Waals surface area contributed by atoms with Crippen molar-refractivity contribution in [2.75, 3.05) is 0 Å². The van der Waals surface area contributed by atoms with Crippen LogP contribution < -0.4 is 0 Å². The van der Waals surface area contributed by atoms with Gasteiger partial charge in [-0.1, -0.05) is 39.3 Å². The summed E-state index contributed by atoms with van der Waals surface area (Å²) in [7, 11) is 0. The van der Waals surface area contributed by atoms with Crippen LogP contribution in [0.3, 0.4) is 0 Å². The maximum absolute atomic E-state index is 12.9. The number of ether oxygens (including phenoxy) is 1.